The second-order valence-corrected chi connectivity index (χ2v) is 8.15. The van der Waals surface area contributed by atoms with Crippen molar-refractivity contribution in [1.82, 2.24) is 0 Å². The van der Waals surface area contributed by atoms with Gasteiger partial charge in [0.25, 0.3) is 10.0 Å². The number of anilines is 2. The van der Waals surface area contributed by atoms with Crippen molar-refractivity contribution in [3.8, 4) is 0 Å². The summed E-state index contributed by atoms with van der Waals surface area (Å²) < 4.78 is 28.5. The highest BCUT2D eigenvalue weighted by Crippen LogP contribution is 2.31. The molecule has 126 valence electrons. The molecule has 1 heterocycles. The predicted molar refractivity (Wildman–Crippen MR) is 97.7 cm³/mol. The molecule has 0 unspecified atom stereocenters. The lowest BCUT2D eigenvalue weighted by molar-refractivity contribution is -0.118. The topological polar surface area (TPSA) is 66.5 Å². The summed E-state index contributed by atoms with van der Waals surface area (Å²) in [5.41, 5.74) is 2.19. The predicted octanol–water partition coefficient (Wildman–Crippen LogP) is 3.55. The minimum atomic E-state index is -3.67. The zero-order chi connectivity index (χ0) is 17.3. The summed E-state index contributed by atoms with van der Waals surface area (Å²) in [5.74, 6) is 0.0524. The van der Waals surface area contributed by atoms with Crippen molar-refractivity contribution >= 4 is 43.2 Å². The van der Waals surface area contributed by atoms with Gasteiger partial charge in [0.05, 0.1) is 4.90 Å². The van der Waals surface area contributed by atoms with Gasteiger partial charge in [-0.2, -0.15) is 0 Å². The molecular weight excluding hydrogens is 392 g/mol. The standard InChI is InChI=1S/C17H17BrN2O3S/c1-2-17(21)20-9-8-12-10-15(6-7-16(12)20)24(22,23)19-14-5-3-4-13(18)11-14/h3-7,10-11,19H,2,8-9H2,1H3. The van der Waals surface area contributed by atoms with E-state index >= 15 is 0 Å². The number of hydrogen-bond donors (Lipinski definition) is 1. The Morgan fingerprint density at radius 3 is 2.75 bits per heavy atom. The third-order valence-electron chi connectivity index (χ3n) is 3.94. The summed E-state index contributed by atoms with van der Waals surface area (Å²) in [4.78, 5) is 13.8. The van der Waals surface area contributed by atoms with Gasteiger partial charge in [-0.25, -0.2) is 8.42 Å². The Hall–Kier alpha value is -1.86. The quantitative estimate of drug-likeness (QED) is 0.840. The van der Waals surface area contributed by atoms with Crippen LogP contribution in [0, 0.1) is 0 Å². The van der Waals surface area contributed by atoms with Gasteiger partial charge in [0.15, 0.2) is 0 Å². The lowest BCUT2D eigenvalue weighted by atomic mass is 10.2. The Morgan fingerprint density at radius 1 is 1.25 bits per heavy atom. The fourth-order valence-corrected chi connectivity index (χ4v) is 4.26. The SMILES string of the molecule is CCC(=O)N1CCc2cc(S(=O)(=O)Nc3cccc(Br)c3)ccc21. The van der Waals surface area contributed by atoms with Crippen LogP contribution in [0.5, 0.6) is 0 Å². The number of amides is 1. The molecule has 1 aliphatic heterocycles. The first-order chi connectivity index (χ1) is 11.4. The number of carbonyl (C=O) groups excluding carboxylic acids is 1. The molecule has 1 N–H and O–H groups in total. The zero-order valence-corrected chi connectivity index (χ0v) is 15.5. The van der Waals surface area contributed by atoms with Gasteiger partial charge in [-0.05, 0) is 48.4 Å². The fourth-order valence-electron chi connectivity index (χ4n) is 2.76. The van der Waals surface area contributed by atoms with E-state index in [1.165, 1.54) is 0 Å². The maximum Gasteiger partial charge on any atom is 0.261 e. The number of nitrogens with one attached hydrogen (secondary N) is 1. The molecule has 0 saturated heterocycles. The molecule has 5 nitrogen and oxygen atoms in total. The summed E-state index contributed by atoms with van der Waals surface area (Å²) >= 11 is 3.32. The van der Waals surface area contributed by atoms with Gasteiger partial charge in [0, 0.05) is 28.8 Å². The van der Waals surface area contributed by atoms with Crippen molar-refractivity contribution in [2.45, 2.75) is 24.7 Å². The van der Waals surface area contributed by atoms with E-state index < -0.39 is 10.0 Å². The molecule has 7 heteroatoms. The van der Waals surface area contributed by atoms with Crippen molar-refractivity contribution in [3.05, 3.63) is 52.5 Å². The largest absolute Gasteiger partial charge is 0.312 e. The highest BCUT2D eigenvalue weighted by atomic mass is 79.9. The fraction of sp³-hybridized carbons (Fsp3) is 0.235. The van der Waals surface area contributed by atoms with Crippen molar-refractivity contribution in [2.24, 2.45) is 0 Å². The maximum atomic E-state index is 12.6. The van der Waals surface area contributed by atoms with Crippen molar-refractivity contribution in [3.63, 3.8) is 0 Å². The van der Waals surface area contributed by atoms with E-state index in [9.17, 15) is 13.2 Å². The minimum Gasteiger partial charge on any atom is -0.312 e. The first-order valence-electron chi connectivity index (χ1n) is 7.62. The average molecular weight is 409 g/mol. The summed E-state index contributed by atoms with van der Waals surface area (Å²) in [6.07, 6.45) is 1.10. The first-order valence-corrected chi connectivity index (χ1v) is 9.90. The van der Waals surface area contributed by atoms with Crippen LogP contribution < -0.4 is 9.62 Å². The van der Waals surface area contributed by atoms with E-state index in [-0.39, 0.29) is 10.8 Å². The van der Waals surface area contributed by atoms with E-state index in [1.807, 2.05) is 13.0 Å². The Kier molecular flexibility index (Phi) is 4.64. The monoisotopic (exact) mass is 408 g/mol. The normalized spacial score (nSPS) is 13.7. The van der Waals surface area contributed by atoms with E-state index in [4.69, 9.17) is 0 Å². The van der Waals surface area contributed by atoms with Gasteiger partial charge in [0.1, 0.15) is 0 Å². The molecule has 24 heavy (non-hydrogen) atoms. The lowest BCUT2D eigenvalue weighted by Crippen LogP contribution is -2.27. The summed E-state index contributed by atoms with van der Waals surface area (Å²) in [6, 6.07) is 11.9. The number of hydrogen-bond acceptors (Lipinski definition) is 3. The number of nitrogens with zero attached hydrogens (tertiary/aromatic N) is 1. The van der Waals surface area contributed by atoms with E-state index in [0.29, 0.717) is 25.1 Å². The van der Waals surface area contributed by atoms with Crippen LogP contribution in [0.3, 0.4) is 0 Å². The molecule has 3 rings (SSSR count). The van der Waals surface area contributed by atoms with Gasteiger partial charge in [-0.1, -0.05) is 28.9 Å². The third-order valence-corrected chi connectivity index (χ3v) is 5.81. The van der Waals surface area contributed by atoms with Crippen LogP contribution in [0.15, 0.2) is 51.8 Å². The smallest absolute Gasteiger partial charge is 0.261 e. The van der Waals surface area contributed by atoms with E-state index in [1.54, 1.807) is 41.3 Å². The van der Waals surface area contributed by atoms with E-state index in [0.717, 1.165) is 15.7 Å². The number of halogens is 1. The highest BCUT2D eigenvalue weighted by molar-refractivity contribution is 9.10. The Balaban J connectivity index is 1.89. The minimum absolute atomic E-state index is 0.0524. The molecule has 1 amide bonds. The van der Waals surface area contributed by atoms with Crippen molar-refractivity contribution in [1.29, 1.82) is 0 Å². The molecule has 0 saturated carbocycles. The Labute approximate surface area is 149 Å². The number of rotatable bonds is 4. The second kappa shape index (κ2) is 6.57. The van der Waals surface area contributed by atoms with Crippen molar-refractivity contribution < 1.29 is 13.2 Å². The first kappa shape index (κ1) is 17.0. The molecule has 0 aliphatic carbocycles. The Bertz CT molecular complexity index is 896. The maximum absolute atomic E-state index is 12.6. The molecular formula is C17H17BrN2O3S. The Morgan fingerprint density at radius 2 is 2.04 bits per heavy atom. The summed E-state index contributed by atoms with van der Waals surface area (Å²) in [7, 11) is -3.67. The second-order valence-electron chi connectivity index (χ2n) is 5.56. The van der Waals surface area contributed by atoms with Gasteiger partial charge in [-0.3, -0.25) is 9.52 Å². The van der Waals surface area contributed by atoms with Crippen LogP contribution >= 0.6 is 15.9 Å². The molecule has 0 radical (unpaired) electrons. The highest BCUT2D eigenvalue weighted by Gasteiger charge is 2.25. The van der Waals surface area contributed by atoms with Gasteiger partial charge < -0.3 is 4.90 Å². The summed E-state index contributed by atoms with van der Waals surface area (Å²) in [6.45, 7) is 2.42. The van der Waals surface area contributed by atoms with Gasteiger partial charge in [-0.15, -0.1) is 0 Å². The molecule has 0 fully saturated rings. The van der Waals surface area contributed by atoms with Crippen LogP contribution in [-0.2, 0) is 21.2 Å². The molecule has 0 atom stereocenters. The van der Waals surface area contributed by atoms with Crippen molar-refractivity contribution in [2.75, 3.05) is 16.2 Å². The van der Waals surface area contributed by atoms with E-state index in [2.05, 4.69) is 20.7 Å². The molecule has 0 bridgehead atoms. The lowest BCUT2D eigenvalue weighted by Gasteiger charge is -2.16. The summed E-state index contributed by atoms with van der Waals surface area (Å²) in [5, 5.41) is 0. The third kappa shape index (κ3) is 3.32. The van der Waals surface area contributed by atoms with Crippen LogP contribution in [0.2, 0.25) is 0 Å². The molecule has 1 aliphatic rings. The van der Waals surface area contributed by atoms with Crippen LogP contribution in [-0.4, -0.2) is 20.9 Å². The average Bonchev–Trinajstić information content (AvgIpc) is 2.97. The van der Waals surface area contributed by atoms with Gasteiger partial charge >= 0.3 is 0 Å². The molecule has 2 aromatic carbocycles. The zero-order valence-electron chi connectivity index (χ0n) is 13.1. The van der Waals surface area contributed by atoms with Gasteiger partial charge in [0.2, 0.25) is 5.91 Å². The molecule has 0 spiro atoms. The van der Waals surface area contributed by atoms with Crippen LogP contribution in [0.25, 0.3) is 0 Å². The van der Waals surface area contributed by atoms with Crippen LogP contribution in [0.4, 0.5) is 11.4 Å². The number of fused-ring (bicyclic) bond motifs is 1. The molecule has 2 aromatic rings. The van der Waals surface area contributed by atoms with Crippen LogP contribution in [0.1, 0.15) is 18.9 Å². The number of carbonyl (C=O) groups is 1. The molecule has 0 aromatic heterocycles. The number of benzene rings is 2. The number of sulfonamides is 1.